The first-order valence-electron chi connectivity index (χ1n) is 8.17. The lowest BCUT2D eigenvalue weighted by Crippen LogP contribution is -2.15. The van der Waals surface area contributed by atoms with Crippen molar-refractivity contribution in [1.29, 1.82) is 0 Å². The van der Waals surface area contributed by atoms with Gasteiger partial charge in [-0.05, 0) is 74.4 Å². The minimum absolute atomic E-state index is 0.278. The number of halogens is 1. The zero-order valence-electron chi connectivity index (χ0n) is 14.8. The highest BCUT2D eigenvalue weighted by atomic mass is 35.5. The normalized spacial score (nSPS) is 10.5. The van der Waals surface area contributed by atoms with Crippen molar-refractivity contribution >= 4 is 34.8 Å². The summed E-state index contributed by atoms with van der Waals surface area (Å²) in [5.74, 6) is 0.0811. The lowest BCUT2D eigenvalue weighted by atomic mass is 10.1. The third kappa shape index (κ3) is 4.58. The summed E-state index contributed by atoms with van der Waals surface area (Å²) >= 11 is 5.89. The third-order valence-electron chi connectivity index (χ3n) is 3.67. The van der Waals surface area contributed by atoms with Crippen LogP contribution in [0.2, 0.25) is 5.02 Å². The first-order chi connectivity index (χ1) is 12.4. The SMILES string of the molecule is Cc1cc(C)cc(NC(=O)c2cc(C)nc(Nc3ccc(Cl)cc3)n2)c1. The number of nitrogens with zero attached hydrogens (tertiary/aromatic N) is 2. The molecule has 1 aromatic heterocycles. The average Bonchev–Trinajstić information content (AvgIpc) is 2.55. The molecule has 2 N–H and O–H groups in total. The van der Waals surface area contributed by atoms with E-state index in [1.165, 1.54) is 0 Å². The number of hydrogen-bond donors (Lipinski definition) is 2. The molecule has 0 unspecified atom stereocenters. The number of anilines is 3. The van der Waals surface area contributed by atoms with Gasteiger partial charge < -0.3 is 10.6 Å². The second kappa shape index (κ2) is 7.54. The second-order valence-corrected chi connectivity index (χ2v) is 6.62. The van der Waals surface area contributed by atoms with Gasteiger partial charge in [0.2, 0.25) is 5.95 Å². The van der Waals surface area contributed by atoms with Gasteiger partial charge in [0.1, 0.15) is 5.69 Å². The van der Waals surface area contributed by atoms with Crippen molar-refractivity contribution < 1.29 is 4.79 Å². The summed E-state index contributed by atoms with van der Waals surface area (Å²) in [4.78, 5) is 21.3. The molecule has 0 fully saturated rings. The van der Waals surface area contributed by atoms with Crippen molar-refractivity contribution in [3.05, 3.63) is 76.1 Å². The van der Waals surface area contributed by atoms with Crippen molar-refractivity contribution in [2.24, 2.45) is 0 Å². The van der Waals surface area contributed by atoms with Crippen molar-refractivity contribution in [3.63, 3.8) is 0 Å². The first-order valence-corrected chi connectivity index (χ1v) is 8.55. The Morgan fingerprint density at radius 1 is 0.885 bits per heavy atom. The molecule has 5 nitrogen and oxygen atoms in total. The Balaban J connectivity index is 1.82. The van der Waals surface area contributed by atoms with E-state index in [2.05, 4.69) is 26.7 Å². The molecular formula is C20H19ClN4O. The molecule has 2 aromatic carbocycles. The van der Waals surface area contributed by atoms with E-state index in [1.807, 2.05) is 45.0 Å². The van der Waals surface area contributed by atoms with Gasteiger partial charge >= 0.3 is 0 Å². The molecule has 0 aliphatic rings. The summed E-state index contributed by atoms with van der Waals surface area (Å²) in [5.41, 5.74) is 4.71. The average molecular weight is 367 g/mol. The molecule has 0 aliphatic heterocycles. The summed E-state index contributed by atoms with van der Waals surface area (Å²) < 4.78 is 0. The van der Waals surface area contributed by atoms with Gasteiger partial charge in [-0.2, -0.15) is 0 Å². The van der Waals surface area contributed by atoms with E-state index in [9.17, 15) is 4.79 Å². The lowest BCUT2D eigenvalue weighted by molar-refractivity contribution is 0.102. The molecular weight excluding hydrogens is 348 g/mol. The van der Waals surface area contributed by atoms with Gasteiger partial charge in [0, 0.05) is 22.1 Å². The zero-order chi connectivity index (χ0) is 18.7. The minimum Gasteiger partial charge on any atom is -0.324 e. The number of hydrogen-bond acceptors (Lipinski definition) is 4. The Morgan fingerprint density at radius 3 is 2.19 bits per heavy atom. The third-order valence-corrected chi connectivity index (χ3v) is 3.92. The Hall–Kier alpha value is -2.92. The molecule has 0 aliphatic carbocycles. The maximum atomic E-state index is 12.6. The van der Waals surface area contributed by atoms with Crippen LogP contribution in [0, 0.1) is 20.8 Å². The summed E-state index contributed by atoms with van der Waals surface area (Å²) in [7, 11) is 0. The van der Waals surface area contributed by atoms with Gasteiger partial charge in [-0.15, -0.1) is 0 Å². The maximum absolute atomic E-state index is 12.6. The van der Waals surface area contributed by atoms with Gasteiger partial charge in [-0.3, -0.25) is 4.79 Å². The Bertz CT molecular complexity index is 934. The zero-order valence-corrected chi connectivity index (χ0v) is 15.6. The van der Waals surface area contributed by atoms with Crippen LogP contribution in [0.15, 0.2) is 48.5 Å². The molecule has 1 amide bonds. The van der Waals surface area contributed by atoms with Crippen LogP contribution in [0.5, 0.6) is 0 Å². The summed E-state index contributed by atoms with van der Waals surface area (Å²) in [6.07, 6.45) is 0. The Labute approximate surface area is 157 Å². The largest absolute Gasteiger partial charge is 0.324 e. The first kappa shape index (κ1) is 17.9. The summed E-state index contributed by atoms with van der Waals surface area (Å²) in [5, 5.41) is 6.63. The van der Waals surface area contributed by atoms with Gasteiger partial charge in [-0.25, -0.2) is 9.97 Å². The molecule has 0 saturated heterocycles. The molecule has 0 atom stereocenters. The second-order valence-electron chi connectivity index (χ2n) is 6.18. The van der Waals surface area contributed by atoms with E-state index in [1.54, 1.807) is 18.2 Å². The smallest absolute Gasteiger partial charge is 0.274 e. The number of amides is 1. The molecule has 26 heavy (non-hydrogen) atoms. The number of aromatic nitrogens is 2. The predicted molar refractivity (Wildman–Crippen MR) is 105 cm³/mol. The fourth-order valence-electron chi connectivity index (χ4n) is 2.65. The molecule has 0 bridgehead atoms. The van der Waals surface area contributed by atoms with Crippen LogP contribution in [0.25, 0.3) is 0 Å². The van der Waals surface area contributed by atoms with Crippen molar-refractivity contribution in [2.75, 3.05) is 10.6 Å². The lowest BCUT2D eigenvalue weighted by Gasteiger charge is -2.10. The number of aryl methyl sites for hydroxylation is 3. The Morgan fingerprint density at radius 2 is 1.54 bits per heavy atom. The maximum Gasteiger partial charge on any atom is 0.274 e. The highest BCUT2D eigenvalue weighted by Crippen LogP contribution is 2.18. The molecule has 0 saturated carbocycles. The van der Waals surface area contributed by atoms with E-state index in [0.717, 1.165) is 22.5 Å². The van der Waals surface area contributed by atoms with Crippen LogP contribution in [-0.4, -0.2) is 15.9 Å². The van der Waals surface area contributed by atoms with Crippen LogP contribution in [0.3, 0.4) is 0 Å². The van der Waals surface area contributed by atoms with E-state index in [0.29, 0.717) is 22.4 Å². The quantitative estimate of drug-likeness (QED) is 0.678. The predicted octanol–water partition coefficient (Wildman–Crippen LogP) is 5.05. The number of carbonyl (C=O) groups excluding carboxylic acids is 1. The minimum atomic E-state index is -0.278. The van der Waals surface area contributed by atoms with Crippen molar-refractivity contribution in [2.45, 2.75) is 20.8 Å². The van der Waals surface area contributed by atoms with Crippen LogP contribution >= 0.6 is 11.6 Å². The topological polar surface area (TPSA) is 66.9 Å². The fraction of sp³-hybridized carbons (Fsp3) is 0.150. The molecule has 6 heteroatoms. The number of rotatable bonds is 4. The number of nitrogens with one attached hydrogen (secondary N) is 2. The molecule has 132 valence electrons. The van der Waals surface area contributed by atoms with Crippen LogP contribution in [0.4, 0.5) is 17.3 Å². The van der Waals surface area contributed by atoms with Gasteiger partial charge in [-0.1, -0.05) is 17.7 Å². The molecule has 3 aromatic rings. The van der Waals surface area contributed by atoms with Crippen LogP contribution in [0.1, 0.15) is 27.3 Å². The van der Waals surface area contributed by atoms with E-state index in [4.69, 9.17) is 11.6 Å². The van der Waals surface area contributed by atoms with E-state index < -0.39 is 0 Å². The van der Waals surface area contributed by atoms with E-state index >= 15 is 0 Å². The van der Waals surface area contributed by atoms with Gasteiger partial charge in [0.15, 0.2) is 0 Å². The summed E-state index contributed by atoms with van der Waals surface area (Å²) in [6, 6.07) is 14.7. The molecule has 0 radical (unpaired) electrons. The highest BCUT2D eigenvalue weighted by molar-refractivity contribution is 6.30. The number of benzene rings is 2. The highest BCUT2D eigenvalue weighted by Gasteiger charge is 2.12. The van der Waals surface area contributed by atoms with Crippen molar-refractivity contribution in [3.8, 4) is 0 Å². The standard InChI is InChI=1S/C20H19ClN4O/c1-12-8-13(2)10-17(9-12)23-19(26)18-11-14(3)22-20(25-18)24-16-6-4-15(21)5-7-16/h4-11H,1-3H3,(H,23,26)(H,22,24,25). The van der Waals surface area contributed by atoms with Crippen LogP contribution in [-0.2, 0) is 0 Å². The van der Waals surface area contributed by atoms with Crippen LogP contribution < -0.4 is 10.6 Å². The molecule has 3 rings (SSSR count). The Kier molecular flexibility index (Phi) is 5.19. The molecule has 0 spiro atoms. The monoisotopic (exact) mass is 366 g/mol. The number of carbonyl (C=O) groups is 1. The van der Waals surface area contributed by atoms with Gasteiger partial charge in [0.05, 0.1) is 0 Å². The van der Waals surface area contributed by atoms with Gasteiger partial charge in [0.25, 0.3) is 5.91 Å². The summed E-state index contributed by atoms with van der Waals surface area (Å²) in [6.45, 7) is 5.81. The fourth-order valence-corrected chi connectivity index (χ4v) is 2.77. The van der Waals surface area contributed by atoms with E-state index in [-0.39, 0.29) is 5.91 Å². The van der Waals surface area contributed by atoms with Crippen molar-refractivity contribution in [1.82, 2.24) is 9.97 Å². The molecule has 1 heterocycles.